The maximum Gasteiger partial charge on any atom is 0.114 e. The number of hydrogen-bond acceptors (Lipinski definition) is 1. The van der Waals surface area contributed by atoms with Crippen molar-refractivity contribution in [3.63, 3.8) is 0 Å². The first kappa shape index (κ1) is 9.20. The van der Waals surface area contributed by atoms with E-state index in [4.69, 9.17) is 4.74 Å². The second-order valence-corrected chi connectivity index (χ2v) is 4.55. The monoisotopic (exact) mass is 220 g/mol. The molecule has 0 saturated carbocycles. The minimum absolute atomic E-state index is 0.292. The topological polar surface area (TPSA) is 12.5 Å². The van der Waals surface area contributed by atoms with Crippen molar-refractivity contribution in [3.05, 3.63) is 77.4 Å². The van der Waals surface area contributed by atoms with E-state index in [0.717, 1.165) is 0 Å². The van der Waals surface area contributed by atoms with Crippen LogP contribution in [-0.2, 0) is 4.74 Å². The first-order chi connectivity index (χ1) is 8.43. The van der Waals surface area contributed by atoms with Crippen LogP contribution in [0.1, 0.15) is 22.8 Å². The van der Waals surface area contributed by atoms with Crippen molar-refractivity contribution in [2.45, 2.75) is 12.2 Å². The average molecular weight is 220 g/mol. The lowest BCUT2D eigenvalue weighted by atomic mass is 9.87. The Morgan fingerprint density at radius 3 is 2.47 bits per heavy atom. The van der Waals surface area contributed by atoms with E-state index in [9.17, 15) is 0 Å². The van der Waals surface area contributed by atoms with Crippen molar-refractivity contribution in [1.29, 1.82) is 0 Å². The molecule has 0 radical (unpaired) electrons. The fourth-order valence-electron chi connectivity index (χ4n) is 2.61. The third-order valence-corrected chi connectivity index (χ3v) is 3.50. The first-order valence-electron chi connectivity index (χ1n) is 5.95. The molecular formula is C16H12O. The van der Waals surface area contributed by atoms with Crippen LogP contribution in [0.2, 0.25) is 0 Å². The van der Waals surface area contributed by atoms with Crippen LogP contribution >= 0.6 is 0 Å². The average Bonchev–Trinajstić information content (AvgIpc) is 3.18. The van der Waals surface area contributed by atoms with Gasteiger partial charge in [0.25, 0.3) is 0 Å². The summed E-state index contributed by atoms with van der Waals surface area (Å²) >= 11 is 0. The molecule has 0 spiro atoms. The van der Waals surface area contributed by atoms with Crippen LogP contribution in [0.25, 0.3) is 5.57 Å². The van der Waals surface area contributed by atoms with Gasteiger partial charge in [0.1, 0.15) is 12.2 Å². The van der Waals surface area contributed by atoms with Gasteiger partial charge in [-0.05, 0) is 28.3 Å². The zero-order valence-corrected chi connectivity index (χ0v) is 9.34. The van der Waals surface area contributed by atoms with Gasteiger partial charge in [-0.25, -0.2) is 0 Å². The molecule has 1 fully saturated rings. The largest absolute Gasteiger partial charge is 0.360 e. The van der Waals surface area contributed by atoms with Gasteiger partial charge in [0.15, 0.2) is 0 Å². The van der Waals surface area contributed by atoms with E-state index in [2.05, 4.69) is 60.7 Å². The molecule has 2 aromatic rings. The highest BCUT2D eigenvalue weighted by Gasteiger charge is 2.43. The van der Waals surface area contributed by atoms with Crippen LogP contribution in [0.4, 0.5) is 0 Å². The number of epoxide rings is 1. The summed E-state index contributed by atoms with van der Waals surface area (Å²) in [6, 6.07) is 19.1. The first-order valence-corrected chi connectivity index (χ1v) is 5.95. The van der Waals surface area contributed by atoms with Gasteiger partial charge in [-0.3, -0.25) is 0 Å². The molecule has 4 rings (SSSR count). The molecule has 1 saturated heterocycles. The summed E-state index contributed by atoms with van der Waals surface area (Å²) in [5, 5.41) is 0. The minimum atomic E-state index is 0.292. The molecule has 1 aliphatic heterocycles. The number of fused-ring (bicyclic) bond motifs is 3. The molecular weight excluding hydrogens is 208 g/mol. The van der Waals surface area contributed by atoms with Crippen molar-refractivity contribution >= 4 is 5.57 Å². The third kappa shape index (κ3) is 1.36. The molecule has 0 N–H and O–H groups in total. The predicted molar refractivity (Wildman–Crippen MR) is 67.6 cm³/mol. The molecule has 0 aromatic heterocycles. The molecule has 17 heavy (non-hydrogen) atoms. The zero-order valence-electron chi connectivity index (χ0n) is 9.34. The maximum absolute atomic E-state index is 5.68. The zero-order chi connectivity index (χ0) is 11.2. The number of benzene rings is 2. The Bertz CT molecular complexity index is 598. The Morgan fingerprint density at radius 2 is 1.59 bits per heavy atom. The fraction of sp³-hybridized carbons (Fsp3) is 0.125. The second kappa shape index (κ2) is 3.31. The van der Waals surface area contributed by atoms with Crippen LogP contribution in [-0.4, -0.2) is 6.10 Å². The molecule has 1 aliphatic carbocycles. The van der Waals surface area contributed by atoms with Gasteiger partial charge in [0.05, 0.1) is 0 Å². The van der Waals surface area contributed by atoms with Crippen LogP contribution in [0.15, 0.2) is 60.7 Å². The smallest absolute Gasteiger partial charge is 0.114 e. The molecule has 2 aliphatic rings. The van der Waals surface area contributed by atoms with Crippen LogP contribution < -0.4 is 0 Å². The van der Waals surface area contributed by atoms with Crippen molar-refractivity contribution in [3.8, 4) is 0 Å². The standard InChI is InChI=1S/C16H12O/c1-2-6-11(7-3-1)14-10-15-16(17-15)13-9-5-4-8-12(13)14/h1-10,15-16H/t15-,16+/m0/s1. The summed E-state index contributed by atoms with van der Waals surface area (Å²) in [5.41, 5.74) is 5.23. The predicted octanol–water partition coefficient (Wildman–Crippen LogP) is 3.57. The number of hydrogen-bond donors (Lipinski definition) is 0. The Morgan fingerprint density at radius 1 is 0.824 bits per heavy atom. The van der Waals surface area contributed by atoms with Gasteiger partial charge in [-0.2, -0.15) is 0 Å². The third-order valence-electron chi connectivity index (χ3n) is 3.50. The molecule has 1 heteroatoms. The van der Waals surface area contributed by atoms with Gasteiger partial charge in [-0.1, -0.05) is 54.6 Å². The molecule has 82 valence electrons. The van der Waals surface area contributed by atoms with Gasteiger partial charge in [0, 0.05) is 0 Å². The maximum atomic E-state index is 5.68. The number of ether oxygens (including phenoxy) is 1. The van der Waals surface area contributed by atoms with Crippen LogP contribution in [0.5, 0.6) is 0 Å². The Labute approximate surface area is 100 Å². The molecule has 1 heterocycles. The molecule has 2 aromatic carbocycles. The summed E-state index contributed by atoms with van der Waals surface area (Å²) in [5.74, 6) is 0. The van der Waals surface area contributed by atoms with E-state index in [-0.39, 0.29) is 0 Å². The van der Waals surface area contributed by atoms with Gasteiger partial charge in [0.2, 0.25) is 0 Å². The molecule has 0 bridgehead atoms. The summed E-state index contributed by atoms with van der Waals surface area (Å²) < 4.78 is 5.68. The van der Waals surface area contributed by atoms with Crippen molar-refractivity contribution < 1.29 is 4.74 Å². The Hall–Kier alpha value is -1.86. The molecule has 2 atom stereocenters. The summed E-state index contributed by atoms with van der Waals surface area (Å²) in [6.07, 6.45) is 2.85. The minimum Gasteiger partial charge on any atom is -0.360 e. The van der Waals surface area contributed by atoms with Crippen molar-refractivity contribution in [2.24, 2.45) is 0 Å². The SMILES string of the molecule is C1=C(c2ccccc2)c2ccccc2[C@H]2O[C@@H]12. The molecule has 1 nitrogen and oxygen atoms in total. The highest BCUT2D eigenvalue weighted by Crippen LogP contribution is 2.48. The van der Waals surface area contributed by atoms with Gasteiger partial charge in [-0.15, -0.1) is 0 Å². The molecule has 0 unspecified atom stereocenters. The molecule has 0 amide bonds. The summed E-state index contributed by atoms with van der Waals surface area (Å²) in [6.45, 7) is 0. The Balaban J connectivity index is 1.92. The Kier molecular flexibility index (Phi) is 1.79. The lowest BCUT2D eigenvalue weighted by Gasteiger charge is -2.15. The lowest BCUT2D eigenvalue weighted by Crippen LogP contribution is -2.01. The van der Waals surface area contributed by atoms with E-state index in [1.807, 2.05) is 0 Å². The van der Waals surface area contributed by atoms with E-state index in [1.165, 1.54) is 22.3 Å². The van der Waals surface area contributed by atoms with Crippen LogP contribution in [0.3, 0.4) is 0 Å². The second-order valence-electron chi connectivity index (χ2n) is 4.55. The normalized spacial score (nSPS) is 24.6. The van der Waals surface area contributed by atoms with Crippen molar-refractivity contribution in [1.82, 2.24) is 0 Å². The van der Waals surface area contributed by atoms with Crippen LogP contribution in [0, 0.1) is 0 Å². The lowest BCUT2D eigenvalue weighted by molar-refractivity contribution is 0.395. The van der Waals surface area contributed by atoms with E-state index < -0.39 is 0 Å². The van der Waals surface area contributed by atoms with E-state index in [0.29, 0.717) is 12.2 Å². The number of rotatable bonds is 1. The highest BCUT2D eigenvalue weighted by atomic mass is 16.6. The van der Waals surface area contributed by atoms with E-state index >= 15 is 0 Å². The summed E-state index contributed by atoms with van der Waals surface area (Å²) in [4.78, 5) is 0. The van der Waals surface area contributed by atoms with Gasteiger partial charge >= 0.3 is 0 Å². The fourth-order valence-corrected chi connectivity index (χ4v) is 2.61. The van der Waals surface area contributed by atoms with Gasteiger partial charge < -0.3 is 4.74 Å². The highest BCUT2D eigenvalue weighted by molar-refractivity contribution is 5.84. The van der Waals surface area contributed by atoms with Crippen molar-refractivity contribution in [2.75, 3.05) is 0 Å². The van der Waals surface area contributed by atoms with E-state index in [1.54, 1.807) is 0 Å². The summed E-state index contributed by atoms with van der Waals surface area (Å²) in [7, 11) is 0. The quantitative estimate of drug-likeness (QED) is 0.669.